The Morgan fingerprint density at radius 2 is 1.08 bits per heavy atom. The summed E-state index contributed by atoms with van der Waals surface area (Å²) in [7, 11) is -5.74. The van der Waals surface area contributed by atoms with Gasteiger partial charge in [-0.25, -0.2) is 0 Å². The van der Waals surface area contributed by atoms with E-state index in [0.29, 0.717) is 6.61 Å². The van der Waals surface area contributed by atoms with Gasteiger partial charge in [-0.1, -0.05) is 6.92 Å². The van der Waals surface area contributed by atoms with Crippen LogP contribution in [0.4, 0.5) is 0 Å². The van der Waals surface area contributed by atoms with Crippen molar-refractivity contribution in [3.63, 3.8) is 0 Å². The maximum Gasteiger partial charge on any atom is 0.692 e. The zero-order valence-corrected chi connectivity index (χ0v) is 8.15. The molecule has 0 rings (SSSR count). The fraction of sp³-hybridized carbons (Fsp3) is 1.00. The highest BCUT2D eigenvalue weighted by molar-refractivity contribution is 7.31. The molecule has 74 valence electrons. The molecule has 9 heteroatoms. The molecule has 0 aliphatic rings. The third-order valence-corrected chi connectivity index (χ3v) is 0.224. The quantitative estimate of drug-likeness (QED) is 0.382. The van der Waals surface area contributed by atoms with E-state index in [2.05, 4.69) is 0 Å². The fourth-order valence-electron chi connectivity index (χ4n) is 0. The topological polar surface area (TPSA) is 135 Å². The van der Waals surface area contributed by atoms with Gasteiger partial charge in [0.2, 0.25) is 0 Å². The number of hydrogen-bond donors (Lipinski definition) is 5. The van der Waals surface area contributed by atoms with Crippen molar-refractivity contribution in [3.8, 4) is 0 Å². The maximum absolute atomic E-state index is 8.70. The third kappa shape index (κ3) is 810. The molecule has 0 aromatic carbocycles. The van der Waals surface area contributed by atoms with Crippen molar-refractivity contribution in [3.05, 3.63) is 0 Å². The van der Waals surface area contributed by atoms with Crippen LogP contribution < -0.4 is 0 Å². The van der Waals surface area contributed by atoms with Crippen molar-refractivity contribution in [2.24, 2.45) is 0 Å². The van der Waals surface area contributed by atoms with Crippen molar-refractivity contribution in [2.75, 3.05) is 6.61 Å². The van der Waals surface area contributed by atoms with E-state index in [-0.39, 0.29) is 0 Å². The Kier molecular flexibility index (Phi) is 25.7. The molecule has 0 bridgehead atoms. The summed E-state index contributed by atoms with van der Waals surface area (Å²) in [5.74, 6) is 0. The van der Waals surface area contributed by atoms with E-state index in [0.717, 1.165) is 6.42 Å². The van der Waals surface area contributed by atoms with Gasteiger partial charge in [0, 0.05) is 15.7 Å². The monoisotopic (exact) mass is 222 g/mol. The summed E-state index contributed by atoms with van der Waals surface area (Å²) in [6, 6.07) is 0. The predicted molar refractivity (Wildman–Crippen MR) is 41.5 cm³/mol. The highest BCUT2D eigenvalue weighted by atomic mass is 31.1. The Balaban J connectivity index is -0.000000101. The van der Waals surface area contributed by atoms with Crippen molar-refractivity contribution < 1.29 is 33.8 Å². The smallest absolute Gasteiger partial charge is 0.396 e. The van der Waals surface area contributed by atoms with E-state index in [4.69, 9.17) is 33.8 Å². The lowest BCUT2D eigenvalue weighted by molar-refractivity contribution is 0.295. The summed E-state index contributed by atoms with van der Waals surface area (Å²) in [6.45, 7) is 2.25. The molecular weight excluding hydrogens is 210 g/mol. The lowest BCUT2D eigenvalue weighted by atomic mass is 10.5. The average Bonchev–Trinajstić information content (AvgIpc) is 1.85. The third-order valence-electron chi connectivity index (χ3n) is 0.224. The molecule has 0 heterocycles. The molecule has 12 heavy (non-hydrogen) atoms. The number of aliphatic hydroxyl groups is 1. The van der Waals surface area contributed by atoms with Crippen molar-refractivity contribution in [1.29, 1.82) is 0 Å². The maximum atomic E-state index is 8.70. The van der Waals surface area contributed by atoms with E-state index < -0.39 is 16.5 Å². The Bertz CT molecular complexity index is 93.2. The molecule has 0 aromatic rings. The minimum atomic E-state index is -2.87. The normalized spacial score (nSPS) is 6.83. The van der Waals surface area contributed by atoms with Crippen LogP contribution in [0.15, 0.2) is 0 Å². The molecular formula is C3H12O7P2+2. The minimum Gasteiger partial charge on any atom is -0.396 e. The second-order valence-electron chi connectivity index (χ2n) is 1.23. The predicted octanol–water partition coefficient (Wildman–Crippen LogP) is -0.355. The Morgan fingerprint density at radius 3 is 1.08 bits per heavy atom. The Hall–Kier alpha value is -0.0000000000000000416. The standard InChI is InChI=1S/C3H8O.2HO3P/c1-2-3-4;2*1-4(2)3/h4H,2-3H2,1H3;2*(H-,1,2,3)/p+2. The largest absolute Gasteiger partial charge is 0.692 e. The molecule has 0 atom stereocenters. The highest BCUT2D eigenvalue weighted by Crippen LogP contribution is 1.98. The second-order valence-corrected chi connectivity index (χ2v) is 2.24. The SMILES string of the molecule is CCCO.O=[P+](O)O.O=[P+](O)O. The number of aliphatic hydroxyl groups excluding tert-OH is 1. The highest BCUT2D eigenvalue weighted by Gasteiger charge is 1.93. The van der Waals surface area contributed by atoms with E-state index in [1.165, 1.54) is 0 Å². The second kappa shape index (κ2) is 17.2. The van der Waals surface area contributed by atoms with Crippen LogP contribution in [0.2, 0.25) is 0 Å². The Morgan fingerprint density at radius 1 is 1.00 bits per heavy atom. The minimum absolute atomic E-state index is 0.319. The summed E-state index contributed by atoms with van der Waals surface area (Å²) in [6.07, 6.45) is 0.875. The van der Waals surface area contributed by atoms with Crippen LogP contribution in [-0.4, -0.2) is 31.3 Å². The van der Waals surface area contributed by atoms with Crippen molar-refractivity contribution in [1.82, 2.24) is 0 Å². The summed E-state index contributed by atoms with van der Waals surface area (Å²) >= 11 is 0. The first-order valence-corrected chi connectivity index (χ1v) is 5.02. The molecule has 0 aliphatic carbocycles. The van der Waals surface area contributed by atoms with Crippen LogP contribution in [-0.2, 0) is 9.13 Å². The van der Waals surface area contributed by atoms with Crippen LogP contribution >= 0.6 is 16.5 Å². The van der Waals surface area contributed by atoms with Gasteiger partial charge in [0.05, 0.1) is 0 Å². The summed E-state index contributed by atoms with van der Waals surface area (Å²) in [5.41, 5.74) is 0. The molecule has 0 unspecified atom stereocenters. The van der Waals surface area contributed by atoms with Crippen molar-refractivity contribution in [2.45, 2.75) is 13.3 Å². The van der Waals surface area contributed by atoms with E-state index >= 15 is 0 Å². The van der Waals surface area contributed by atoms with Gasteiger partial charge in [0.15, 0.2) is 0 Å². The molecule has 0 aromatic heterocycles. The molecule has 0 fully saturated rings. The zero-order valence-electron chi connectivity index (χ0n) is 6.36. The molecule has 0 radical (unpaired) electrons. The van der Waals surface area contributed by atoms with Gasteiger partial charge in [-0.05, 0) is 6.42 Å². The summed E-state index contributed by atoms with van der Waals surface area (Å²) in [4.78, 5) is 28.5. The van der Waals surface area contributed by atoms with E-state index in [1.807, 2.05) is 6.92 Å². The molecule has 0 saturated heterocycles. The Labute approximate surface area is 71.2 Å². The van der Waals surface area contributed by atoms with Crippen LogP contribution in [0.5, 0.6) is 0 Å². The first kappa shape index (κ1) is 17.9. The van der Waals surface area contributed by atoms with Gasteiger partial charge in [-0.15, -0.1) is 19.6 Å². The molecule has 0 saturated carbocycles. The molecule has 0 aliphatic heterocycles. The fourth-order valence-corrected chi connectivity index (χ4v) is 0. The zero-order chi connectivity index (χ0) is 10.6. The lowest BCUT2D eigenvalue weighted by Gasteiger charge is -1.69. The van der Waals surface area contributed by atoms with Gasteiger partial charge in [0.25, 0.3) is 0 Å². The first-order chi connectivity index (χ1) is 5.38. The van der Waals surface area contributed by atoms with Gasteiger partial charge >= 0.3 is 16.5 Å². The van der Waals surface area contributed by atoms with E-state index in [9.17, 15) is 0 Å². The number of rotatable bonds is 1. The van der Waals surface area contributed by atoms with Crippen molar-refractivity contribution >= 4 is 16.5 Å². The van der Waals surface area contributed by atoms with Gasteiger partial charge in [-0.2, -0.15) is 0 Å². The van der Waals surface area contributed by atoms with Gasteiger partial charge in [0.1, 0.15) is 0 Å². The summed E-state index contributed by atoms with van der Waals surface area (Å²) < 4.78 is 17.4. The first-order valence-electron chi connectivity index (χ1n) is 2.69. The van der Waals surface area contributed by atoms with Crippen LogP contribution in [0.3, 0.4) is 0 Å². The summed E-state index contributed by atoms with van der Waals surface area (Å²) in [5, 5.41) is 7.88. The molecule has 0 amide bonds. The molecule has 7 nitrogen and oxygen atoms in total. The number of hydrogen-bond acceptors (Lipinski definition) is 3. The van der Waals surface area contributed by atoms with Gasteiger partial charge in [-0.3, -0.25) is 0 Å². The van der Waals surface area contributed by atoms with Crippen LogP contribution in [0, 0.1) is 0 Å². The van der Waals surface area contributed by atoms with Gasteiger partial charge < -0.3 is 5.11 Å². The van der Waals surface area contributed by atoms with Crippen LogP contribution in [0.1, 0.15) is 13.3 Å². The average molecular weight is 222 g/mol. The molecule has 5 N–H and O–H groups in total. The molecule has 0 spiro atoms. The van der Waals surface area contributed by atoms with Crippen LogP contribution in [0.25, 0.3) is 0 Å². The lowest BCUT2D eigenvalue weighted by Crippen LogP contribution is -1.69. The van der Waals surface area contributed by atoms with E-state index in [1.54, 1.807) is 0 Å².